The van der Waals surface area contributed by atoms with Crippen LogP contribution in [-0.4, -0.2) is 30.7 Å². The second-order valence-corrected chi connectivity index (χ2v) is 7.43. The zero-order valence-corrected chi connectivity index (χ0v) is 14.6. The normalized spacial score (nSPS) is 24.2. The molecule has 6 heteroatoms. The lowest BCUT2D eigenvalue weighted by Crippen LogP contribution is -2.37. The average molecular weight is 344 g/mol. The highest BCUT2D eigenvalue weighted by atomic mass is 32.1. The number of thiazole rings is 1. The maximum absolute atomic E-state index is 6.08. The van der Waals surface area contributed by atoms with Gasteiger partial charge in [0, 0.05) is 24.2 Å². The molecule has 5 nitrogen and oxygen atoms in total. The summed E-state index contributed by atoms with van der Waals surface area (Å²) in [5.41, 5.74) is 8.14. The van der Waals surface area contributed by atoms with Crippen molar-refractivity contribution in [2.75, 3.05) is 30.3 Å². The molecule has 0 bridgehead atoms. The van der Waals surface area contributed by atoms with Crippen LogP contribution < -0.4 is 20.7 Å². The first-order valence-corrected chi connectivity index (χ1v) is 9.62. The first-order chi connectivity index (χ1) is 11.8. The van der Waals surface area contributed by atoms with Gasteiger partial charge in [-0.1, -0.05) is 0 Å². The SMILES string of the molecule is Nc1nc(C2CCCN2c2ccc(OC3CCCNC3)cc2)cs1. The molecular formula is C18H24N4OS. The van der Waals surface area contributed by atoms with Crippen LogP contribution in [0.4, 0.5) is 10.8 Å². The van der Waals surface area contributed by atoms with E-state index >= 15 is 0 Å². The molecule has 2 unspecified atom stereocenters. The predicted octanol–water partition coefficient (Wildman–Crippen LogP) is 3.20. The van der Waals surface area contributed by atoms with E-state index in [4.69, 9.17) is 10.5 Å². The summed E-state index contributed by atoms with van der Waals surface area (Å²) < 4.78 is 6.08. The summed E-state index contributed by atoms with van der Waals surface area (Å²) in [7, 11) is 0. The lowest BCUT2D eigenvalue weighted by molar-refractivity contribution is 0.167. The number of ether oxygens (including phenoxy) is 1. The zero-order valence-electron chi connectivity index (χ0n) is 13.8. The van der Waals surface area contributed by atoms with Gasteiger partial charge in [-0.05, 0) is 56.5 Å². The van der Waals surface area contributed by atoms with Crippen molar-refractivity contribution in [2.24, 2.45) is 0 Å². The Kier molecular flexibility index (Phi) is 4.58. The number of piperidine rings is 1. The fraction of sp³-hybridized carbons (Fsp3) is 0.500. The molecule has 128 valence electrons. The number of nitrogens with two attached hydrogens (primary N) is 1. The highest BCUT2D eigenvalue weighted by molar-refractivity contribution is 7.13. The van der Waals surface area contributed by atoms with Crippen molar-refractivity contribution in [1.29, 1.82) is 0 Å². The molecule has 2 aliphatic rings. The number of rotatable bonds is 4. The Morgan fingerprint density at radius 3 is 2.79 bits per heavy atom. The van der Waals surface area contributed by atoms with E-state index in [1.54, 1.807) is 0 Å². The fourth-order valence-electron chi connectivity index (χ4n) is 3.67. The monoisotopic (exact) mass is 344 g/mol. The van der Waals surface area contributed by atoms with Gasteiger partial charge in [-0.25, -0.2) is 4.98 Å². The van der Waals surface area contributed by atoms with Crippen LogP contribution in [0.1, 0.15) is 37.4 Å². The van der Waals surface area contributed by atoms with Gasteiger partial charge in [-0.3, -0.25) is 0 Å². The van der Waals surface area contributed by atoms with Crippen LogP contribution >= 0.6 is 11.3 Å². The second-order valence-electron chi connectivity index (χ2n) is 6.54. The minimum absolute atomic E-state index is 0.294. The number of benzene rings is 1. The van der Waals surface area contributed by atoms with Crippen molar-refractivity contribution in [2.45, 2.75) is 37.8 Å². The molecule has 0 aliphatic carbocycles. The molecule has 2 fully saturated rings. The number of nitrogens with one attached hydrogen (secondary N) is 1. The van der Waals surface area contributed by atoms with E-state index in [0.717, 1.165) is 43.9 Å². The molecule has 0 radical (unpaired) electrons. The van der Waals surface area contributed by atoms with Gasteiger partial charge in [0.25, 0.3) is 0 Å². The largest absolute Gasteiger partial charge is 0.489 e. The highest BCUT2D eigenvalue weighted by Gasteiger charge is 2.28. The van der Waals surface area contributed by atoms with Crippen molar-refractivity contribution in [1.82, 2.24) is 10.3 Å². The molecular weight excluding hydrogens is 320 g/mol. The Morgan fingerprint density at radius 2 is 2.08 bits per heavy atom. The molecule has 2 aromatic rings. The molecule has 4 rings (SSSR count). The van der Waals surface area contributed by atoms with Gasteiger partial charge in [0.05, 0.1) is 11.7 Å². The van der Waals surface area contributed by atoms with Gasteiger partial charge in [0.15, 0.2) is 5.13 Å². The van der Waals surface area contributed by atoms with Gasteiger partial charge in [0.1, 0.15) is 11.9 Å². The summed E-state index contributed by atoms with van der Waals surface area (Å²) >= 11 is 1.52. The Balaban J connectivity index is 1.45. The van der Waals surface area contributed by atoms with Crippen LogP contribution in [0, 0.1) is 0 Å². The molecule has 3 N–H and O–H groups in total. The van der Waals surface area contributed by atoms with Gasteiger partial charge >= 0.3 is 0 Å². The third-order valence-electron chi connectivity index (χ3n) is 4.86. The molecule has 2 atom stereocenters. The third kappa shape index (κ3) is 3.35. The molecule has 0 amide bonds. The average Bonchev–Trinajstić information content (AvgIpc) is 3.25. The zero-order chi connectivity index (χ0) is 16.4. The van der Waals surface area contributed by atoms with Crippen LogP contribution in [0.25, 0.3) is 0 Å². The molecule has 1 aromatic heterocycles. The summed E-state index contributed by atoms with van der Waals surface area (Å²) in [6.45, 7) is 3.12. The number of nitrogens with zero attached hydrogens (tertiary/aromatic N) is 2. The summed E-state index contributed by atoms with van der Waals surface area (Å²) in [6, 6.07) is 8.86. The highest BCUT2D eigenvalue weighted by Crippen LogP contribution is 2.37. The summed E-state index contributed by atoms with van der Waals surface area (Å²) in [4.78, 5) is 6.92. The Bertz CT molecular complexity index is 666. The van der Waals surface area contributed by atoms with Crippen molar-refractivity contribution in [3.8, 4) is 5.75 Å². The molecule has 24 heavy (non-hydrogen) atoms. The fourth-order valence-corrected chi connectivity index (χ4v) is 4.28. The van der Waals surface area contributed by atoms with Crippen molar-refractivity contribution >= 4 is 22.2 Å². The van der Waals surface area contributed by atoms with Crippen LogP contribution in [0.3, 0.4) is 0 Å². The van der Waals surface area contributed by atoms with E-state index in [1.165, 1.54) is 29.9 Å². The minimum Gasteiger partial charge on any atom is -0.489 e. The quantitative estimate of drug-likeness (QED) is 0.892. The second kappa shape index (κ2) is 6.99. The first kappa shape index (κ1) is 15.7. The third-order valence-corrected chi connectivity index (χ3v) is 5.55. The lowest BCUT2D eigenvalue weighted by atomic mass is 10.1. The molecule has 0 spiro atoms. The minimum atomic E-state index is 0.294. The molecule has 3 heterocycles. The van der Waals surface area contributed by atoms with E-state index in [2.05, 4.69) is 44.8 Å². The molecule has 1 aromatic carbocycles. The molecule has 0 saturated carbocycles. The maximum atomic E-state index is 6.08. The maximum Gasteiger partial charge on any atom is 0.180 e. The number of anilines is 2. The smallest absolute Gasteiger partial charge is 0.180 e. The van der Waals surface area contributed by atoms with Gasteiger partial charge in [0.2, 0.25) is 0 Å². The van der Waals surface area contributed by atoms with Crippen LogP contribution in [-0.2, 0) is 0 Å². The van der Waals surface area contributed by atoms with E-state index in [1.807, 2.05) is 0 Å². The van der Waals surface area contributed by atoms with Crippen molar-refractivity contribution in [3.05, 3.63) is 35.3 Å². The van der Waals surface area contributed by atoms with Gasteiger partial charge in [-0.2, -0.15) is 0 Å². The number of aromatic nitrogens is 1. The van der Waals surface area contributed by atoms with E-state index in [0.29, 0.717) is 17.3 Å². The predicted molar refractivity (Wildman–Crippen MR) is 98.8 cm³/mol. The lowest BCUT2D eigenvalue weighted by Gasteiger charge is -2.27. The van der Waals surface area contributed by atoms with Crippen LogP contribution in [0.15, 0.2) is 29.6 Å². The topological polar surface area (TPSA) is 63.4 Å². The van der Waals surface area contributed by atoms with Crippen LogP contribution in [0.5, 0.6) is 5.75 Å². The summed E-state index contributed by atoms with van der Waals surface area (Å²) in [5, 5.41) is 6.13. The van der Waals surface area contributed by atoms with E-state index in [-0.39, 0.29) is 0 Å². The van der Waals surface area contributed by atoms with Crippen molar-refractivity contribution < 1.29 is 4.74 Å². The Hall–Kier alpha value is -1.79. The Morgan fingerprint density at radius 1 is 1.21 bits per heavy atom. The standard InChI is InChI=1S/C18H24N4OS/c19-18-21-16(12-24-18)17-4-2-10-22(17)13-5-7-14(8-6-13)23-15-3-1-9-20-11-15/h5-8,12,15,17,20H,1-4,9-11H2,(H2,19,21). The van der Waals surface area contributed by atoms with Crippen molar-refractivity contribution in [3.63, 3.8) is 0 Å². The van der Waals surface area contributed by atoms with Gasteiger partial charge < -0.3 is 20.7 Å². The number of hydrogen-bond donors (Lipinski definition) is 2. The first-order valence-electron chi connectivity index (χ1n) is 8.74. The molecule has 2 aliphatic heterocycles. The van der Waals surface area contributed by atoms with Gasteiger partial charge in [-0.15, -0.1) is 11.3 Å². The molecule has 2 saturated heterocycles. The number of hydrogen-bond acceptors (Lipinski definition) is 6. The summed E-state index contributed by atoms with van der Waals surface area (Å²) in [6.07, 6.45) is 4.94. The van der Waals surface area contributed by atoms with Crippen LogP contribution in [0.2, 0.25) is 0 Å². The van der Waals surface area contributed by atoms with E-state index < -0.39 is 0 Å². The Labute approximate surface area is 146 Å². The number of nitrogen functional groups attached to an aromatic ring is 1. The van der Waals surface area contributed by atoms with E-state index in [9.17, 15) is 0 Å². The summed E-state index contributed by atoms with van der Waals surface area (Å²) in [5.74, 6) is 0.959.